The Bertz CT molecular complexity index is 473. The van der Waals surface area contributed by atoms with Crippen LogP contribution in [0.15, 0.2) is 12.1 Å². The molecule has 0 amide bonds. The van der Waals surface area contributed by atoms with E-state index in [1.807, 2.05) is 44.7 Å². The van der Waals surface area contributed by atoms with Crippen molar-refractivity contribution in [1.82, 2.24) is 4.98 Å². The van der Waals surface area contributed by atoms with Crippen LogP contribution in [0.2, 0.25) is 0 Å². The van der Waals surface area contributed by atoms with Gasteiger partial charge in [-0.25, -0.2) is 0 Å². The maximum absolute atomic E-state index is 5.96. The second-order valence-electron chi connectivity index (χ2n) is 6.48. The zero-order valence-corrected chi connectivity index (χ0v) is 14.3. The smallest absolute Gasteiger partial charge is 0.239 e. The Morgan fingerprint density at radius 2 is 2.14 bits per heavy atom. The first kappa shape index (κ1) is 16.3. The van der Waals surface area contributed by atoms with E-state index < -0.39 is 0 Å². The highest BCUT2D eigenvalue weighted by molar-refractivity contribution is 7.99. The summed E-state index contributed by atoms with van der Waals surface area (Å²) in [5.74, 6) is 2.54. The van der Waals surface area contributed by atoms with Crippen molar-refractivity contribution in [1.29, 1.82) is 0 Å². The van der Waals surface area contributed by atoms with Crippen molar-refractivity contribution in [3.63, 3.8) is 0 Å². The van der Waals surface area contributed by atoms with E-state index in [4.69, 9.17) is 10.5 Å². The summed E-state index contributed by atoms with van der Waals surface area (Å²) >= 11 is 2.04. The van der Waals surface area contributed by atoms with Gasteiger partial charge in [-0.3, -0.25) is 0 Å². The first-order valence-electron chi connectivity index (χ1n) is 7.72. The average molecular weight is 309 g/mol. The lowest BCUT2D eigenvalue weighted by molar-refractivity contribution is 0.125. The molecule has 1 aromatic heterocycles. The highest BCUT2D eigenvalue weighted by atomic mass is 32.2. The van der Waals surface area contributed by atoms with Gasteiger partial charge >= 0.3 is 0 Å². The Labute approximate surface area is 132 Å². The number of ether oxygens (including phenoxy) is 1. The Morgan fingerprint density at radius 3 is 2.81 bits per heavy atom. The van der Waals surface area contributed by atoms with Crippen LogP contribution in [0.4, 0.5) is 11.5 Å². The molecule has 2 atom stereocenters. The van der Waals surface area contributed by atoms with E-state index in [2.05, 4.69) is 17.2 Å². The maximum atomic E-state index is 5.96. The first-order valence-corrected chi connectivity index (χ1v) is 8.77. The average Bonchev–Trinajstić information content (AvgIpc) is 2.80. The topological polar surface area (TPSA) is 60.2 Å². The SMILES string of the molecule is CCSC1CCCC1Nc1ccc(N)c(OC(C)(C)C)n1. The van der Waals surface area contributed by atoms with E-state index in [1.54, 1.807) is 0 Å². The van der Waals surface area contributed by atoms with Crippen LogP contribution in [0, 0.1) is 0 Å². The van der Waals surface area contributed by atoms with Crippen LogP contribution >= 0.6 is 11.8 Å². The van der Waals surface area contributed by atoms with Gasteiger partial charge in [0.25, 0.3) is 0 Å². The number of hydrogen-bond donors (Lipinski definition) is 2. The summed E-state index contributed by atoms with van der Waals surface area (Å²) < 4.78 is 5.83. The number of thioether (sulfide) groups is 1. The van der Waals surface area contributed by atoms with Crippen LogP contribution < -0.4 is 15.8 Å². The number of nitrogens with two attached hydrogens (primary N) is 1. The van der Waals surface area contributed by atoms with Crippen molar-refractivity contribution in [2.24, 2.45) is 0 Å². The van der Waals surface area contributed by atoms with Crippen LogP contribution in [0.3, 0.4) is 0 Å². The van der Waals surface area contributed by atoms with Crippen LogP contribution in [0.1, 0.15) is 47.0 Å². The zero-order chi connectivity index (χ0) is 15.5. The number of nitrogens with zero attached hydrogens (tertiary/aromatic N) is 1. The molecule has 4 nitrogen and oxygen atoms in total. The molecule has 0 bridgehead atoms. The first-order chi connectivity index (χ1) is 9.89. The van der Waals surface area contributed by atoms with Crippen molar-refractivity contribution in [3.8, 4) is 5.88 Å². The van der Waals surface area contributed by atoms with Crippen molar-refractivity contribution in [2.75, 3.05) is 16.8 Å². The van der Waals surface area contributed by atoms with Gasteiger partial charge in [0.05, 0.1) is 5.69 Å². The predicted molar refractivity (Wildman–Crippen MR) is 92.2 cm³/mol. The summed E-state index contributed by atoms with van der Waals surface area (Å²) in [7, 11) is 0. The number of nitrogens with one attached hydrogen (secondary N) is 1. The van der Waals surface area contributed by atoms with E-state index in [0.29, 0.717) is 22.9 Å². The van der Waals surface area contributed by atoms with E-state index in [9.17, 15) is 0 Å². The quantitative estimate of drug-likeness (QED) is 0.863. The number of hydrogen-bond acceptors (Lipinski definition) is 5. The van der Waals surface area contributed by atoms with Crippen molar-refractivity contribution < 1.29 is 4.74 Å². The summed E-state index contributed by atoms with van der Waals surface area (Å²) in [4.78, 5) is 4.55. The Morgan fingerprint density at radius 1 is 1.38 bits per heavy atom. The monoisotopic (exact) mass is 309 g/mol. The lowest BCUT2D eigenvalue weighted by atomic mass is 10.2. The number of rotatable bonds is 5. The van der Waals surface area contributed by atoms with Gasteiger partial charge in [-0.05, 0) is 51.5 Å². The lowest BCUT2D eigenvalue weighted by Gasteiger charge is -2.24. The normalized spacial score (nSPS) is 22.3. The van der Waals surface area contributed by atoms with Crippen LogP contribution in [-0.2, 0) is 0 Å². The largest absolute Gasteiger partial charge is 0.470 e. The molecule has 1 saturated carbocycles. The Hall–Kier alpha value is -1.10. The second-order valence-corrected chi connectivity index (χ2v) is 8.00. The Balaban J connectivity index is 2.08. The summed E-state index contributed by atoms with van der Waals surface area (Å²) in [6.45, 7) is 8.22. The molecular weight excluding hydrogens is 282 g/mol. The fourth-order valence-corrected chi connectivity index (χ4v) is 3.80. The second kappa shape index (κ2) is 6.77. The number of nitrogen functional groups attached to an aromatic ring is 1. The summed E-state index contributed by atoms with van der Waals surface area (Å²) in [6, 6.07) is 4.30. The van der Waals surface area contributed by atoms with Gasteiger partial charge in [-0.15, -0.1) is 0 Å². The summed E-state index contributed by atoms with van der Waals surface area (Å²) in [5.41, 5.74) is 6.25. The predicted octanol–water partition coefficient (Wildman–Crippen LogP) is 3.93. The third-order valence-corrected chi connectivity index (χ3v) is 4.78. The third-order valence-electron chi connectivity index (χ3n) is 3.46. The highest BCUT2D eigenvalue weighted by Gasteiger charge is 2.27. The molecule has 1 heterocycles. The van der Waals surface area contributed by atoms with Gasteiger partial charge in [-0.2, -0.15) is 16.7 Å². The number of aromatic nitrogens is 1. The van der Waals surface area contributed by atoms with E-state index >= 15 is 0 Å². The molecule has 2 rings (SSSR count). The fourth-order valence-electron chi connectivity index (χ4n) is 2.60. The minimum absolute atomic E-state index is 0.298. The molecule has 1 aliphatic rings. The number of anilines is 2. The summed E-state index contributed by atoms with van der Waals surface area (Å²) in [5, 5.41) is 4.24. The van der Waals surface area contributed by atoms with Crippen LogP contribution in [-0.4, -0.2) is 27.6 Å². The molecule has 118 valence electrons. The van der Waals surface area contributed by atoms with E-state index in [-0.39, 0.29) is 5.60 Å². The summed E-state index contributed by atoms with van der Waals surface area (Å²) in [6.07, 6.45) is 3.78. The molecule has 1 fully saturated rings. The van der Waals surface area contributed by atoms with Crippen molar-refractivity contribution >= 4 is 23.3 Å². The standard InChI is InChI=1S/C16H27N3OS/c1-5-21-13-8-6-7-12(13)18-14-10-9-11(17)15(19-14)20-16(2,3)4/h9-10,12-13H,5-8,17H2,1-4H3,(H,18,19). The van der Waals surface area contributed by atoms with Gasteiger partial charge in [0.1, 0.15) is 11.4 Å². The molecule has 2 unspecified atom stereocenters. The van der Waals surface area contributed by atoms with E-state index in [0.717, 1.165) is 11.6 Å². The molecular formula is C16H27N3OS. The maximum Gasteiger partial charge on any atom is 0.239 e. The molecule has 3 N–H and O–H groups in total. The highest BCUT2D eigenvalue weighted by Crippen LogP contribution is 2.33. The molecule has 0 radical (unpaired) electrons. The zero-order valence-electron chi connectivity index (χ0n) is 13.5. The molecule has 21 heavy (non-hydrogen) atoms. The van der Waals surface area contributed by atoms with Crippen molar-refractivity contribution in [2.45, 2.75) is 63.9 Å². The third kappa shape index (κ3) is 4.70. The van der Waals surface area contributed by atoms with Crippen LogP contribution in [0.25, 0.3) is 0 Å². The van der Waals surface area contributed by atoms with E-state index in [1.165, 1.54) is 19.3 Å². The molecule has 0 aliphatic heterocycles. The van der Waals surface area contributed by atoms with Gasteiger partial charge in [0.15, 0.2) is 0 Å². The molecule has 5 heteroatoms. The van der Waals surface area contributed by atoms with Gasteiger partial charge < -0.3 is 15.8 Å². The molecule has 0 saturated heterocycles. The van der Waals surface area contributed by atoms with Gasteiger partial charge in [0.2, 0.25) is 5.88 Å². The molecule has 1 aromatic rings. The minimum Gasteiger partial charge on any atom is -0.470 e. The molecule has 0 aromatic carbocycles. The van der Waals surface area contributed by atoms with Gasteiger partial charge in [-0.1, -0.05) is 13.3 Å². The molecule has 1 aliphatic carbocycles. The Kier molecular flexibility index (Phi) is 5.25. The van der Waals surface area contributed by atoms with Crippen molar-refractivity contribution in [3.05, 3.63) is 12.1 Å². The lowest BCUT2D eigenvalue weighted by Crippen LogP contribution is -2.27. The fraction of sp³-hybridized carbons (Fsp3) is 0.688. The van der Waals surface area contributed by atoms with Crippen LogP contribution in [0.5, 0.6) is 5.88 Å². The minimum atomic E-state index is -0.298. The number of pyridine rings is 1. The molecule has 0 spiro atoms. The van der Waals surface area contributed by atoms with Gasteiger partial charge in [0, 0.05) is 11.3 Å².